The van der Waals surface area contributed by atoms with Gasteiger partial charge < -0.3 is 14.5 Å². The van der Waals surface area contributed by atoms with Gasteiger partial charge in [-0.05, 0) is 48.0 Å². The Labute approximate surface area is 192 Å². The zero-order chi connectivity index (χ0) is 23.1. The van der Waals surface area contributed by atoms with Crippen LogP contribution in [0, 0.1) is 0 Å². The first-order valence-electron chi connectivity index (χ1n) is 10.3. The molecule has 168 valence electrons. The lowest BCUT2D eigenvalue weighted by Crippen LogP contribution is -2.23. The summed E-state index contributed by atoms with van der Waals surface area (Å²) in [5.74, 6) is -0.178. The van der Waals surface area contributed by atoms with Gasteiger partial charge in [0.05, 0.1) is 22.6 Å². The first-order valence-corrected chi connectivity index (χ1v) is 11.9. The number of aromatic nitrogens is 1. The molecule has 0 unspecified atom stereocenters. The molecule has 0 aliphatic heterocycles. The van der Waals surface area contributed by atoms with Crippen molar-refractivity contribution >= 4 is 15.7 Å². The molecule has 0 atom stereocenters. The Morgan fingerprint density at radius 1 is 0.970 bits per heavy atom. The Bertz CT molecular complexity index is 1320. The van der Waals surface area contributed by atoms with E-state index in [9.17, 15) is 13.2 Å². The minimum Gasteiger partial charge on any atom is -0.487 e. The second kappa shape index (κ2) is 10.1. The molecule has 0 spiro atoms. The number of hydrogen-bond donors (Lipinski definition) is 1. The van der Waals surface area contributed by atoms with Crippen LogP contribution in [0.3, 0.4) is 0 Å². The van der Waals surface area contributed by atoms with Crippen LogP contribution in [0.5, 0.6) is 5.75 Å². The Morgan fingerprint density at radius 2 is 1.79 bits per heavy atom. The monoisotopic (exact) mass is 462 g/mol. The van der Waals surface area contributed by atoms with Gasteiger partial charge in [0, 0.05) is 18.3 Å². The molecule has 0 aliphatic carbocycles. The number of benzene rings is 2. The molecule has 8 heteroatoms. The fourth-order valence-electron chi connectivity index (χ4n) is 3.21. The Balaban J connectivity index is 1.38. The lowest BCUT2D eigenvalue weighted by molar-refractivity contribution is 0.0922. The molecular weight excluding hydrogens is 440 g/mol. The molecule has 4 aromatic rings. The number of nitrogens with one attached hydrogen (secondary N) is 1. The van der Waals surface area contributed by atoms with E-state index in [-0.39, 0.29) is 23.0 Å². The molecule has 2 aromatic heterocycles. The molecule has 2 aromatic carbocycles. The number of carbonyl (C=O) groups is 1. The SMILES string of the molecule is O=C(NCc1cccc(OCc2ccccn2)c1)c1occc1CS(=O)(=O)c1ccccc1. The Morgan fingerprint density at radius 3 is 2.58 bits per heavy atom. The molecule has 2 heterocycles. The smallest absolute Gasteiger partial charge is 0.287 e. The molecule has 1 N–H and O–H groups in total. The molecule has 0 saturated carbocycles. The third-order valence-corrected chi connectivity index (χ3v) is 6.55. The number of nitrogens with zero attached hydrogens (tertiary/aromatic N) is 1. The molecule has 33 heavy (non-hydrogen) atoms. The molecule has 0 bridgehead atoms. The van der Waals surface area contributed by atoms with E-state index in [1.807, 2.05) is 42.5 Å². The number of carbonyl (C=O) groups excluding carboxylic acids is 1. The van der Waals surface area contributed by atoms with Crippen LogP contribution in [0.1, 0.15) is 27.4 Å². The van der Waals surface area contributed by atoms with Gasteiger partial charge in [0.15, 0.2) is 15.6 Å². The van der Waals surface area contributed by atoms with Crippen molar-refractivity contribution in [1.29, 1.82) is 0 Å². The predicted molar refractivity (Wildman–Crippen MR) is 122 cm³/mol. The van der Waals surface area contributed by atoms with Crippen LogP contribution in [-0.4, -0.2) is 19.3 Å². The fourth-order valence-corrected chi connectivity index (χ4v) is 4.59. The molecule has 0 aliphatic rings. The lowest BCUT2D eigenvalue weighted by Gasteiger charge is -2.09. The number of pyridine rings is 1. The fraction of sp³-hybridized carbons (Fsp3) is 0.120. The van der Waals surface area contributed by atoms with Crippen molar-refractivity contribution in [3.63, 3.8) is 0 Å². The summed E-state index contributed by atoms with van der Waals surface area (Å²) in [5, 5.41) is 2.77. The second-order valence-corrected chi connectivity index (χ2v) is 9.28. The zero-order valence-electron chi connectivity index (χ0n) is 17.7. The van der Waals surface area contributed by atoms with Gasteiger partial charge in [-0.1, -0.05) is 36.4 Å². The third kappa shape index (κ3) is 5.87. The number of sulfone groups is 1. The minimum atomic E-state index is -3.60. The van der Waals surface area contributed by atoms with Gasteiger partial charge in [0.1, 0.15) is 12.4 Å². The number of ether oxygens (including phenoxy) is 1. The van der Waals surface area contributed by atoms with Crippen molar-refractivity contribution in [2.24, 2.45) is 0 Å². The summed E-state index contributed by atoms with van der Waals surface area (Å²) >= 11 is 0. The summed E-state index contributed by atoms with van der Waals surface area (Å²) in [7, 11) is -3.60. The largest absolute Gasteiger partial charge is 0.487 e. The van der Waals surface area contributed by atoms with E-state index < -0.39 is 15.7 Å². The van der Waals surface area contributed by atoms with Gasteiger partial charge in [-0.2, -0.15) is 0 Å². The standard InChI is InChI=1S/C25H22N2O5S/c28-25(24-20(12-14-31-24)18-33(29,30)23-10-2-1-3-11-23)27-16-19-7-6-9-22(15-19)32-17-21-8-4-5-13-26-21/h1-15H,16-18H2,(H,27,28). The van der Waals surface area contributed by atoms with E-state index in [4.69, 9.17) is 9.15 Å². The van der Waals surface area contributed by atoms with Crippen LogP contribution < -0.4 is 10.1 Å². The summed E-state index contributed by atoms with van der Waals surface area (Å²) in [6.45, 7) is 0.563. The number of rotatable bonds is 9. The van der Waals surface area contributed by atoms with Crippen LogP contribution in [-0.2, 0) is 28.7 Å². The molecule has 4 rings (SSSR count). The van der Waals surface area contributed by atoms with Crippen molar-refractivity contribution in [3.8, 4) is 5.75 Å². The molecule has 7 nitrogen and oxygen atoms in total. The van der Waals surface area contributed by atoms with Gasteiger partial charge in [-0.15, -0.1) is 0 Å². The van der Waals surface area contributed by atoms with Crippen molar-refractivity contribution < 1.29 is 22.4 Å². The topological polar surface area (TPSA) is 98.5 Å². The molecule has 1 amide bonds. The summed E-state index contributed by atoms with van der Waals surface area (Å²) in [5.41, 5.74) is 1.95. The van der Waals surface area contributed by atoms with Crippen molar-refractivity contribution in [3.05, 3.63) is 114 Å². The van der Waals surface area contributed by atoms with Crippen LogP contribution in [0.2, 0.25) is 0 Å². The zero-order valence-corrected chi connectivity index (χ0v) is 18.5. The molecule has 0 fully saturated rings. The van der Waals surface area contributed by atoms with Crippen molar-refractivity contribution in [1.82, 2.24) is 10.3 Å². The number of hydrogen-bond acceptors (Lipinski definition) is 6. The predicted octanol–water partition coefficient (Wildman–Crippen LogP) is 4.16. The normalized spacial score (nSPS) is 11.2. The average molecular weight is 463 g/mol. The van der Waals surface area contributed by atoms with Gasteiger partial charge in [0.2, 0.25) is 0 Å². The lowest BCUT2D eigenvalue weighted by atomic mass is 10.2. The Hall–Kier alpha value is -3.91. The maximum absolute atomic E-state index is 12.7. The van der Waals surface area contributed by atoms with Crippen molar-refractivity contribution in [2.75, 3.05) is 0 Å². The maximum Gasteiger partial charge on any atom is 0.287 e. The van der Waals surface area contributed by atoms with E-state index in [0.717, 1.165) is 11.3 Å². The van der Waals surface area contributed by atoms with Crippen LogP contribution in [0.15, 0.2) is 101 Å². The number of amides is 1. The summed E-state index contributed by atoms with van der Waals surface area (Å²) in [4.78, 5) is 17.1. The quantitative estimate of drug-likeness (QED) is 0.401. The van der Waals surface area contributed by atoms with Gasteiger partial charge in [-0.25, -0.2) is 8.42 Å². The van der Waals surface area contributed by atoms with Gasteiger partial charge in [-0.3, -0.25) is 9.78 Å². The highest BCUT2D eigenvalue weighted by Gasteiger charge is 2.22. The highest BCUT2D eigenvalue weighted by molar-refractivity contribution is 7.90. The van der Waals surface area contributed by atoms with E-state index in [0.29, 0.717) is 17.9 Å². The average Bonchev–Trinajstić information content (AvgIpc) is 3.30. The summed E-state index contributed by atoms with van der Waals surface area (Å²) in [6, 6.07) is 22.6. The highest BCUT2D eigenvalue weighted by Crippen LogP contribution is 2.20. The van der Waals surface area contributed by atoms with E-state index in [1.54, 1.807) is 24.4 Å². The first-order chi connectivity index (χ1) is 16.0. The minimum absolute atomic E-state index is 0.0166. The third-order valence-electron chi connectivity index (χ3n) is 4.87. The van der Waals surface area contributed by atoms with E-state index >= 15 is 0 Å². The number of furan rings is 1. The highest BCUT2D eigenvalue weighted by atomic mass is 32.2. The summed E-state index contributed by atoms with van der Waals surface area (Å²) < 4.78 is 36.4. The van der Waals surface area contributed by atoms with Crippen molar-refractivity contribution in [2.45, 2.75) is 23.8 Å². The Kier molecular flexibility index (Phi) is 6.85. The van der Waals surface area contributed by atoms with E-state index in [1.165, 1.54) is 24.5 Å². The van der Waals surface area contributed by atoms with E-state index in [2.05, 4.69) is 10.3 Å². The molecular formula is C25H22N2O5S. The molecule has 0 saturated heterocycles. The summed E-state index contributed by atoms with van der Waals surface area (Å²) in [6.07, 6.45) is 3.02. The maximum atomic E-state index is 12.7. The first kappa shape index (κ1) is 22.3. The van der Waals surface area contributed by atoms with Gasteiger partial charge in [0.25, 0.3) is 5.91 Å². The second-order valence-electron chi connectivity index (χ2n) is 7.29. The molecule has 0 radical (unpaired) electrons. The van der Waals surface area contributed by atoms with Gasteiger partial charge >= 0.3 is 0 Å². The van der Waals surface area contributed by atoms with Crippen LogP contribution in [0.25, 0.3) is 0 Å². The van der Waals surface area contributed by atoms with Crippen LogP contribution >= 0.6 is 0 Å². The van der Waals surface area contributed by atoms with Crippen LogP contribution in [0.4, 0.5) is 0 Å².